The maximum atomic E-state index is 11.7. The van der Waals surface area contributed by atoms with E-state index in [4.69, 9.17) is 4.74 Å². The third-order valence-electron chi connectivity index (χ3n) is 1.98. The van der Waals surface area contributed by atoms with E-state index >= 15 is 0 Å². The van der Waals surface area contributed by atoms with Gasteiger partial charge in [0, 0.05) is 20.1 Å². The smallest absolute Gasteiger partial charge is 0.369 e. The molecule has 15 heavy (non-hydrogen) atoms. The third-order valence-corrected chi connectivity index (χ3v) is 1.98. The van der Waals surface area contributed by atoms with E-state index in [0.29, 0.717) is 0 Å². The van der Waals surface area contributed by atoms with Crippen LogP contribution in [-0.2, 0) is 9.53 Å². The number of hydrogen-bond acceptors (Lipinski definition) is 2. The standard InChI is InChI=1S/C9H16F3NO2/c1-8(2,15-3)7(14)13-6-4-5-9(10,11)12/h4-6H2,1-3H3,(H,13,14). The Hall–Kier alpha value is -0.780. The van der Waals surface area contributed by atoms with Crippen molar-refractivity contribution in [2.45, 2.75) is 38.5 Å². The van der Waals surface area contributed by atoms with Crippen LogP contribution in [0.25, 0.3) is 0 Å². The fraction of sp³-hybridized carbons (Fsp3) is 0.889. The maximum Gasteiger partial charge on any atom is 0.389 e. The van der Waals surface area contributed by atoms with E-state index in [9.17, 15) is 18.0 Å². The number of ether oxygens (including phenoxy) is 1. The highest BCUT2D eigenvalue weighted by Crippen LogP contribution is 2.20. The average molecular weight is 227 g/mol. The molecule has 0 saturated heterocycles. The normalized spacial score (nSPS) is 12.7. The molecular weight excluding hydrogens is 211 g/mol. The fourth-order valence-electron chi connectivity index (χ4n) is 0.796. The quantitative estimate of drug-likeness (QED) is 0.728. The number of nitrogens with one attached hydrogen (secondary N) is 1. The molecule has 0 aliphatic rings. The largest absolute Gasteiger partial charge is 0.389 e. The van der Waals surface area contributed by atoms with E-state index in [1.54, 1.807) is 13.8 Å². The first-order chi connectivity index (χ1) is 6.69. The first-order valence-electron chi connectivity index (χ1n) is 4.59. The highest BCUT2D eigenvalue weighted by atomic mass is 19.4. The minimum atomic E-state index is -4.17. The van der Waals surface area contributed by atoms with Crippen molar-refractivity contribution in [3.63, 3.8) is 0 Å². The van der Waals surface area contributed by atoms with E-state index in [1.165, 1.54) is 7.11 Å². The predicted octanol–water partition coefficient (Wildman–Crippen LogP) is 1.87. The van der Waals surface area contributed by atoms with Crippen molar-refractivity contribution in [1.82, 2.24) is 5.32 Å². The van der Waals surface area contributed by atoms with E-state index in [1.807, 2.05) is 0 Å². The molecule has 0 unspecified atom stereocenters. The molecule has 0 spiro atoms. The lowest BCUT2D eigenvalue weighted by atomic mass is 10.1. The molecule has 0 radical (unpaired) electrons. The summed E-state index contributed by atoms with van der Waals surface area (Å²) in [6, 6.07) is 0. The van der Waals surface area contributed by atoms with Gasteiger partial charge in [0.2, 0.25) is 0 Å². The van der Waals surface area contributed by atoms with Crippen molar-refractivity contribution >= 4 is 5.91 Å². The molecule has 0 atom stereocenters. The van der Waals surface area contributed by atoms with Crippen LogP contribution in [0.1, 0.15) is 26.7 Å². The van der Waals surface area contributed by atoms with Crippen LogP contribution >= 0.6 is 0 Å². The summed E-state index contributed by atoms with van der Waals surface area (Å²) < 4.78 is 40.1. The van der Waals surface area contributed by atoms with Crippen LogP contribution in [0.15, 0.2) is 0 Å². The summed E-state index contributed by atoms with van der Waals surface area (Å²) in [5.74, 6) is -0.410. The van der Waals surface area contributed by atoms with Crippen molar-refractivity contribution in [2.75, 3.05) is 13.7 Å². The summed E-state index contributed by atoms with van der Waals surface area (Å²) in [6.07, 6.45) is -5.17. The Morgan fingerprint density at radius 2 is 1.87 bits per heavy atom. The second kappa shape index (κ2) is 5.34. The van der Waals surface area contributed by atoms with Gasteiger partial charge in [-0.3, -0.25) is 4.79 Å². The van der Waals surface area contributed by atoms with E-state index in [0.717, 1.165) is 0 Å². The zero-order valence-electron chi connectivity index (χ0n) is 9.07. The highest BCUT2D eigenvalue weighted by molar-refractivity contribution is 5.84. The Morgan fingerprint density at radius 3 is 2.27 bits per heavy atom. The van der Waals surface area contributed by atoms with Gasteiger partial charge >= 0.3 is 6.18 Å². The molecule has 0 bridgehead atoms. The topological polar surface area (TPSA) is 38.3 Å². The number of alkyl halides is 3. The lowest BCUT2D eigenvalue weighted by Gasteiger charge is -2.21. The van der Waals surface area contributed by atoms with Gasteiger partial charge in [-0.2, -0.15) is 13.2 Å². The molecule has 0 rings (SSSR count). The predicted molar refractivity (Wildman–Crippen MR) is 49.4 cm³/mol. The second-order valence-electron chi connectivity index (χ2n) is 3.69. The number of amides is 1. The van der Waals surface area contributed by atoms with Gasteiger partial charge in [0.15, 0.2) is 0 Å². The van der Waals surface area contributed by atoms with Crippen molar-refractivity contribution in [3.05, 3.63) is 0 Å². The molecule has 0 heterocycles. The Balaban J connectivity index is 3.74. The molecule has 0 aliphatic carbocycles. The monoisotopic (exact) mass is 227 g/mol. The van der Waals surface area contributed by atoms with Crippen LogP contribution in [0.4, 0.5) is 13.2 Å². The van der Waals surface area contributed by atoms with E-state index < -0.39 is 24.1 Å². The molecular formula is C9H16F3NO2. The number of carbonyl (C=O) groups excluding carboxylic acids is 1. The van der Waals surface area contributed by atoms with Crippen LogP contribution in [-0.4, -0.2) is 31.3 Å². The Bertz CT molecular complexity index is 214. The summed E-state index contributed by atoms with van der Waals surface area (Å²) in [4.78, 5) is 11.3. The molecule has 1 amide bonds. The van der Waals surface area contributed by atoms with Gasteiger partial charge in [-0.1, -0.05) is 0 Å². The van der Waals surface area contributed by atoms with Crippen LogP contribution in [0.2, 0.25) is 0 Å². The maximum absolute atomic E-state index is 11.7. The highest BCUT2D eigenvalue weighted by Gasteiger charge is 2.28. The number of rotatable bonds is 5. The number of halogens is 3. The van der Waals surface area contributed by atoms with Gasteiger partial charge in [0.1, 0.15) is 5.60 Å². The molecule has 6 heteroatoms. The summed E-state index contributed by atoms with van der Waals surface area (Å²) in [7, 11) is 1.37. The number of carbonyl (C=O) groups is 1. The van der Waals surface area contributed by atoms with Gasteiger partial charge < -0.3 is 10.1 Å². The van der Waals surface area contributed by atoms with Gasteiger partial charge in [0.05, 0.1) is 0 Å². The molecule has 0 aromatic carbocycles. The van der Waals surface area contributed by atoms with Crippen molar-refractivity contribution < 1.29 is 22.7 Å². The van der Waals surface area contributed by atoms with Crippen LogP contribution in [0, 0.1) is 0 Å². The lowest BCUT2D eigenvalue weighted by molar-refractivity contribution is -0.142. The summed E-state index contributed by atoms with van der Waals surface area (Å²) in [5, 5.41) is 2.38. The molecule has 1 N–H and O–H groups in total. The summed E-state index contributed by atoms with van der Waals surface area (Å²) in [6.45, 7) is 3.10. The Labute approximate surface area is 87.0 Å². The molecule has 3 nitrogen and oxygen atoms in total. The molecule has 0 aromatic rings. The molecule has 0 fully saturated rings. The van der Waals surface area contributed by atoms with Crippen LogP contribution in [0.3, 0.4) is 0 Å². The van der Waals surface area contributed by atoms with Gasteiger partial charge in [-0.15, -0.1) is 0 Å². The second-order valence-corrected chi connectivity index (χ2v) is 3.69. The molecule has 0 saturated carbocycles. The number of hydrogen-bond donors (Lipinski definition) is 1. The SMILES string of the molecule is COC(C)(C)C(=O)NCCCC(F)(F)F. The first kappa shape index (κ1) is 14.2. The van der Waals surface area contributed by atoms with Crippen LogP contribution < -0.4 is 5.32 Å². The van der Waals surface area contributed by atoms with Crippen molar-refractivity contribution in [2.24, 2.45) is 0 Å². The van der Waals surface area contributed by atoms with E-state index in [2.05, 4.69) is 5.32 Å². The van der Waals surface area contributed by atoms with Crippen molar-refractivity contribution in [3.8, 4) is 0 Å². The molecule has 90 valence electrons. The lowest BCUT2D eigenvalue weighted by Crippen LogP contribution is -2.44. The Kier molecular flexibility index (Phi) is 5.07. The summed E-state index contributed by atoms with van der Waals surface area (Å²) in [5.41, 5.74) is -1.00. The van der Waals surface area contributed by atoms with Crippen molar-refractivity contribution in [1.29, 1.82) is 0 Å². The first-order valence-corrected chi connectivity index (χ1v) is 4.59. The Morgan fingerprint density at radius 1 is 1.33 bits per heavy atom. The molecule has 0 aliphatic heterocycles. The fourth-order valence-corrected chi connectivity index (χ4v) is 0.796. The van der Waals surface area contributed by atoms with Gasteiger partial charge in [0.25, 0.3) is 5.91 Å². The minimum absolute atomic E-state index is 0.00509. The zero-order valence-corrected chi connectivity index (χ0v) is 9.07. The van der Waals surface area contributed by atoms with Crippen LogP contribution in [0.5, 0.6) is 0 Å². The van der Waals surface area contributed by atoms with E-state index in [-0.39, 0.29) is 13.0 Å². The minimum Gasteiger partial charge on any atom is -0.369 e. The average Bonchev–Trinajstić information content (AvgIpc) is 2.10. The third kappa shape index (κ3) is 6.33. The summed E-state index contributed by atoms with van der Waals surface area (Å²) >= 11 is 0. The number of methoxy groups -OCH3 is 1. The van der Waals surface area contributed by atoms with Gasteiger partial charge in [-0.25, -0.2) is 0 Å². The zero-order chi connectivity index (χ0) is 12.1. The molecule has 0 aromatic heterocycles. The van der Waals surface area contributed by atoms with Gasteiger partial charge in [-0.05, 0) is 20.3 Å².